The second-order valence-corrected chi connectivity index (χ2v) is 3.06. The third-order valence-electron chi connectivity index (χ3n) is 1.82. The molecule has 0 aliphatic carbocycles. The zero-order valence-corrected chi connectivity index (χ0v) is 8.36. The maximum Gasteiger partial charge on any atom is 0.271 e. The molecule has 0 fully saturated rings. The lowest BCUT2D eigenvalue weighted by molar-refractivity contribution is 0.0947. The first kappa shape index (κ1) is 10.5. The van der Waals surface area contributed by atoms with Crippen molar-refractivity contribution >= 4 is 5.91 Å². The van der Waals surface area contributed by atoms with Gasteiger partial charge in [0.15, 0.2) is 0 Å². The maximum absolute atomic E-state index is 11.4. The minimum atomic E-state index is -0.116. The highest BCUT2D eigenvalue weighted by Crippen LogP contribution is 1.94. The topological polar surface area (TPSA) is 46.9 Å². The fourth-order valence-corrected chi connectivity index (χ4v) is 1.08. The van der Waals surface area contributed by atoms with Crippen LogP contribution in [0.1, 0.15) is 23.3 Å². The van der Waals surface area contributed by atoms with E-state index in [1.165, 1.54) is 0 Å². The average molecular weight is 193 g/mol. The minimum Gasteiger partial charge on any atom is -0.351 e. The van der Waals surface area contributed by atoms with Gasteiger partial charge in [0.1, 0.15) is 5.69 Å². The number of allylic oxidation sites excluding steroid dienone is 1. The van der Waals surface area contributed by atoms with Crippen molar-refractivity contribution in [3.8, 4) is 0 Å². The molecular formula is C10H15N3O. The van der Waals surface area contributed by atoms with Gasteiger partial charge in [0.25, 0.3) is 5.91 Å². The Balaban J connectivity index is 2.32. The van der Waals surface area contributed by atoms with Crippen LogP contribution in [0.4, 0.5) is 0 Å². The monoisotopic (exact) mass is 193 g/mol. The van der Waals surface area contributed by atoms with Crippen molar-refractivity contribution in [2.24, 2.45) is 7.05 Å². The second kappa shape index (κ2) is 5.21. The van der Waals surface area contributed by atoms with Crippen molar-refractivity contribution in [3.05, 3.63) is 30.6 Å². The molecule has 0 bridgehead atoms. The van der Waals surface area contributed by atoms with Gasteiger partial charge >= 0.3 is 0 Å². The van der Waals surface area contributed by atoms with Crippen LogP contribution < -0.4 is 5.32 Å². The number of aromatic nitrogens is 2. The molecule has 0 unspecified atom stereocenters. The van der Waals surface area contributed by atoms with Gasteiger partial charge in [-0.1, -0.05) is 6.08 Å². The van der Waals surface area contributed by atoms with E-state index in [0.29, 0.717) is 12.2 Å². The average Bonchev–Trinajstić information content (AvgIpc) is 2.59. The van der Waals surface area contributed by atoms with Gasteiger partial charge in [-0.05, 0) is 18.9 Å². The van der Waals surface area contributed by atoms with Gasteiger partial charge in [0.05, 0.1) is 0 Å². The summed E-state index contributed by atoms with van der Waals surface area (Å²) < 4.78 is 1.61. The number of nitrogens with one attached hydrogen (secondary N) is 1. The Hall–Kier alpha value is -1.58. The number of nitrogens with zero attached hydrogens (tertiary/aromatic N) is 2. The van der Waals surface area contributed by atoms with Crippen LogP contribution in [0.15, 0.2) is 24.9 Å². The third kappa shape index (κ3) is 3.05. The largest absolute Gasteiger partial charge is 0.351 e. The van der Waals surface area contributed by atoms with Gasteiger partial charge in [-0.2, -0.15) is 5.10 Å². The number of carbonyl (C=O) groups is 1. The molecule has 0 aromatic carbocycles. The zero-order valence-electron chi connectivity index (χ0n) is 8.36. The van der Waals surface area contributed by atoms with Crippen LogP contribution in [-0.2, 0) is 7.05 Å². The summed E-state index contributed by atoms with van der Waals surface area (Å²) >= 11 is 0. The Morgan fingerprint density at radius 3 is 3.14 bits per heavy atom. The standard InChI is InChI=1S/C10H15N3O/c1-3-4-5-7-11-10(14)9-6-8-13(2)12-9/h3,6,8H,1,4-5,7H2,2H3,(H,11,14). The molecule has 1 amide bonds. The van der Waals surface area contributed by atoms with Crippen LogP contribution in [-0.4, -0.2) is 22.2 Å². The third-order valence-corrected chi connectivity index (χ3v) is 1.82. The highest BCUT2D eigenvalue weighted by molar-refractivity contribution is 5.92. The first-order valence-corrected chi connectivity index (χ1v) is 4.63. The Morgan fingerprint density at radius 1 is 1.79 bits per heavy atom. The van der Waals surface area contributed by atoms with Gasteiger partial charge in [0.2, 0.25) is 0 Å². The van der Waals surface area contributed by atoms with E-state index < -0.39 is 0 Å². The van der Waals surface area contributed by atoms with E-state index in [4.69, 9.17) is 0 Å². The number of unbranched alkanes of at least 4 members (excludes halogenated alkanes) is 1. The minimum absolute atomic E-state index is 0.116. The molecule has 0 atom stereocenters. The van der Waals surface area contributed by atoms with Crippen LogP contribution in [0.2, 0.25) is 0 Å². The molecule has 4 heteroatoms. The summed E-state index contributed by atoms with van der Waals surface area (Å²) in [5.41, 5.74) is 0.464. The molecule has 1 rings (SSSR count). The molecular weight excluding hydrogens is 178 g/mol. The Kier molecular flexibility index (Phi) is 3.91. The molecule has 1 heterocycles. The number of hydrogen-bond acceptors (Lipinski definition) is 2. The van der Waals surface area contributed by atoms with Crippen molar-refractivity contribution in [3.63, 3.8) is 0 Å². The van der Waals surface area contributed by atoms with Crippen LogP contribution in [0.3, 0.4) is 0 Å². The van der Waals surface area contributed by atoms with Crippen LogP contribution in [0.5, 0.6) is 0 Å². The zero-order chi connectivity index (χ0) is 10.4. The van der Waals surface area contributed by atoms with E-state index in [1.54, 1.807) is 24.0 Å². The number of amides is 1. The van der Waals surface area contributed by atoms with Crippen LogP contribution in [0.25, 0.3) is 0 Å². The molecule has 0 aliphatic heterocycles. The maximum atomic E-state index is 11.4. The van der Waals surface area contributed by atoms with E-state index in [9.17, 15) is 4.79 Å². The summed E-state index contributed by atoms with van der Waals surface area (Å²) in [4.78, 5) is 11.4. The Morgan fingerprint density at radius 2 is 2.57 bits per heavy atom. The fourth-order valence-electron chi connectivity index (χ4n) is 1.08. The van der Waals surface area contributed by atoms with Crippen molar-refractivity contribution in [1.29, 1.82) is 0 Å². The van der Waals surface area contributed by atoms with Crippen molar-refractivity contribution in [2.45, 2.75) is 12.8 Å². The van der Waals surface area contributed by atoms with Gasteiger partial charge in [-0.3, -0.25) is 9.48 Å². The smallest absolute Gasteiger partial charge is 0.271 e. The quantitative estimate of drug-likeness (QED) is 0.562. The van der Waals surface area contributed by atoms with Crippen molar-refractivity contribution < 1.29 is 4.79 Å². The molecule has 1 aromatic heterocycles. The summed E-state index contributed by atoms with van der Waals surface area (Å²) in [7, 11) is 1.79. The van der Waals surface area contributed by atoms with E-state index in [0.717, 1.165) is 12.8 Å². The molecule has 0 aliphatic rings. The van der Waals surface area contributed by atoms with Gasteiger partial charge < -0.3 is 5.32 Å². The SMILES string of the molecule is C=CCCCNC(=O)c1ccn(C)n1. The lowest BCUT2D eigenvalue weighted by atomic mass is 10.3. The van der Waals surface area contributed by atoms with Crippen molar-refractivity contribution in [2.75, 3.05) is 6.54 Å². The second-order valence-electron chi connectivity index (χ2n) is 3.06. The predicted molar refractivity (Wildman–Crippen MR) is 55.0 cm³/mol. The Bertz CT molecular complexity index is 317. The van der Waals surface area contributed by atoms with Crippen LogP contribution in [0, 0.1) is 0 Å². The molecule has 14 heavy (non-hydrogen) atoms. The van der Waals surface area contributed by atoms with E-state index in [-0.39, 0.29) is 5.91 Å². The fraction of sp³-hybridized carbons (Fsp3) is 0.400. The van der Waals surface area contributed by atoms with Gasteiger partial charge in [-0.25, -0.2) is 0 Å². The van der Waals surface area contributed by atoms with Gasteiger partial charge in [-0.15, -0.1) is 6.58 Å². The van der Waals surface area contributed by atoms with Crippen molar-refractivity contribution in [1.82, 2.24) is 15.1 Å². The lowest BCUT2D eigenvalue weighted by Crippen LogP contribution is -2.24. The number of hydrogen-bond donors (Lipinski definition) is 1. The first-order chi connectivity index (χ1) is 6.74. The van der Waals surface area contributed by atoms with E-state index in [1.807, 2.05) is 6.08 Å². The van der Waals surface area contributed by atoms with E-state index >= 15 is 0 Å². The number of carbonyl (C=O) groups excluding carboxylic acids is 1. The molecule has 1 aromatic rings. The van der Waals surface area contributed by atoms with Gasteiger partial charge in [0, 0.05) is 19.8 Å². The molecule has 0 saturated carbocycles. The predicted octanol–water partition coefficient (Wildman–Crippen LogP) is 1.12. The summed E-state index contributed by atoms with van der Waals surface area (Å²) in [6.07, 6.45) is 5.43. The molecule has 0 spiro atoms. The first-order valence-electron chi connectivity index (χ1n) is 4.63. The Labute approximate surface area is 83.6 Å². The highest BCUT2D eigenvalue weighted by Gasteiger charge is 2.06. The summed E-state index contributed by atoms with van der Waals surface area (Å²) in [6, 6.07) is 1.70. The molecule has 0 saturated heterocycles. The summed E-state index contributed by atoms with van der Waals surface area (Å²) in [5.74, 6) is -0.116. The molecule has 76 valence electrons. The summed E-state index contributed by atoms with van der Waals surface area (Å²) in [6.45, 7) is 4.28. The summed E-state index contributed by atoms with van der Waals surface area (Å²) in [5, 5.41) is 6.78. The lowest BCUT2D eigenvalue weighted by Gasteiger charge is -2.00. The number of rotatable bonds is 5. The molecule has 4 nitrogen and oxygen atoms in total. The van der Waals surface area contributed by atoms with Crippen LogP contribution >= 0.6 is 0 Å². The highest BCUT2D eigenvalue weighted by atomic mass is 16.1. The molecule has 1 N–H and O–H groups in total. The normalized spacial score (nSPS) is 9.79. The molecule has 0 radical (unpaired) electrons. The number of aryl methyl sites for hydroxylation is 1. The van der Waals surface area contributed by atoms with E-state index in [2.05, 4.69) is 17.0 Å².